The molecule has 0 saturated heterocycles. The average molecular weight is 130 g/mol. The van der Waals surface area contributed by atoms with Crippen molar-refractivity contribution < 1.29 is 0 Å². The zero-order valence-corrected chi connectivity index (χ0v) is 5.62. The number of rotatable bonds is 0. The molecule has 10 heavy (non-hydrogen) atoms. The molecule has 0 atom stereocenters. The highest BCUT2D eigenvalue weighted by Crippen LogP contribution is 2.14. The second-order valence-corrected chi connectivity index (χ2v) is 2.29. The van der Waals surface area contributed by atoms with Gasteiger partial charge in [0.05, 0.1) is 0 Å². The highest BCUT2D eigenvalue weighted by molar-refractivity contribution is 5.31. The van der Waals surface area contributed by atoms with Crippen LogP contribution in [-0.2, 0) is 0 Å². The van der Waals surface area contributed by atoms with Crippen molar-refractivity contribution in [1.82, 2.24) is 4.90 Å². The van der Waals surface area contributed by atoms with Crippen LogP contribution >= 0.6 is 0 Å². The third-order valence-corrected chi connectivity index (χ3v) is 1.61. The summed E-state index contributed by atoms with van der Waals surface area (Å²) in [6.07, 6.45) is 15.3. The smallest absolute Gasteiger partial charge is 0.0415 e. The minimum absolute atomic E-state index is 0.951. The average Bonchev–Trinajstić information content (AvgIpc) is 2.05. The molecule has 1 radical (unpaired) electrons. The molecule has 1 heteroatoms. The van der Waals surface area contributed by atoms with Gasteiger partial charge in [-0.15, -0.1) is 0 Å². The molecule has 0 saturated carbocycles. The van der Waals surface area contributed by atoms with Crippen LogP contribution < -0.4 is 0 Å². The van der Waals surface area contributed by atoms with Crippen molar-refractivity contribution in [2.75, 3.05) is 6.54 Å². The Bertz CT molecular complexity index is 243. The second kappa shape index (κ2) is 2.18. The van der Waals surface area contributed by atoms with E-state index in [0.29, 0.717) is 0 Å². The Kier molecular flexibility index (Phi) is 1.21. The number of hydrogen-bond donors (Lipinski definition) is 0. The molecule has 2 rings (SSSR count). The van der Waals surface area contributed by atoms with Crippen LogP contribution in [0.3, 0.4) is 0 Å². The van der Waals surface area contributed by atoms with Crippen molar-refractivity contribution in [3.05, 3.63) is 48.4 Å². The lowest BCUT2D eigenvalue weighted by Gasteiger charge is -2.23. The minimum Gasteiger partial charge on any atom is -0.344 e. The van der Waals surface area contributed by atoms with E-state index in [1.807, 2.05) is 24.3 Å². The lowest BCUT2D eigenvalue weighted by Crippen LogP contribution is -2.18. The summed E-state index contributed by atoms with van der Waals surface area (Å²) in [5.74, 6) is 0. The maximum absolute atomic E-state index is 3.07. The first kappa shape index (κ1) is 5.54. The van der Waals surface area contributed by atoms with E-state index in [0.717, 1.165) is 6.54 Å². The maximum Gasteiger partial charge on any atom is 0.0415 e. The number of fused-ring (bicyclic) bond motifs is 1. The standard InChI is InChI=1S/C9H8N/c1-3-7-10-8-4-2-6-9(10)5-1/h1,3-7H,8H2. The van der Waals surface area contributed by atoms with E-state index in [2.05, 4.69) is 23.3 Å². The SMILES string of the molecule is [C]1=CCN2C=CC=CC2=C1. The lowest BCUT2D eigenvalue weighted by molar-refractivity contribution is 0.522. The van der Waals surface area contributed by atoms with Crippen molar-refractivity contribution in [3.63, 3.8) is 0 Å². The van der Waals surface area contributed by atoms with E-state index in [9.17, 15) is 0 Å². The molecule has 0 bridgehead atoms. The molecule has 2 heterocycles. The first-order valence-corrected chi connectivity index (χ1v) is 3.36. The normalized spacial score (nSPS) is 20.8. The van der Waals surface area contributed by atoms with Gasteiger partial charge in [-0.2, -0.15) is 0 Å². The summed E-state index contributed by atoms with van der Waals surface area (Å²) in [5, 5.41) is 0. The van der Waals surface area contributed by atoms with Gasteiger partial charge in [0.1, 0.15) is 0 Å². The minimum atomic E-state index is 0.951. The fourth-order valence-electron chi connectivity index (χ4n) is 1.08. The second-order valence-electron chi connectivity index (χ2n) is 2.29. The van der Waals surface area contributed by atoms with E-state index in [-0.39, 0.29) is 0 Å². The Morgan fingerprint density at radius 3 is 3.30 bits per heavy atom. The Morgan fingerprint density at radius 2 is 2.40 bits per heavy atom. The summed E-state index contributed by atoms with van der Waals surface area (Å²) < 4.78 is 0. The number of hydrogen-bond acceptors (Lipinski definition) is 1. The predicted molar refractivity (Wildman–Crippen MR) is 40.9 cm³/mol. The number of allylic oxidation sites excluding steroid dienone is 5. The van der Waals surface area contributed by atoms with Crippen molar-refractivity contribution >= 4 is 0 Å². The molecule has 2 aliphatic heterocycles. The van der Waals surface area contributed by atoms with Gasteiger partial charge in [-0.25, -0.2) is 0 Å². The lowest BCUT2D eigenvalue weighted by atomic mass is 10.2. The highest BCUT2D eigenvalue weighted by atomic mass is 15.1. The number of nitrogens with zero attached hydrogens (tertiary/aromatic N) is 1. The van der Waals surface area contributed by atoms with Gasteiger partial charge in [0.15, 0.2) is 0 Å². The fraction of sp³-hybridized carbons (Fsp3) is 0.111. The molecule has 1 nitrogen and oxygen atoms in total. The van der Waals surface area contributed by atoms with Crippen LogP contribution in [0.15, 0.2) is 42.3 Å². The van der Waals surface area contributed by atoms with E-state index in [1.54, 1.807) is 0 Å². The molecule has 0 unspecified atom stereocenters. The third-order valence-electron chi connectivity index (χ3n) is 1.61. The van der Waals surface area contributed by atoms with Crippen LogP contribution in [0.5, 0.6) is 0 Å². The first-order chi connectivity index (χ1) is 4.97. The molecule has 0 aromatic heterocycles. The van der Waals surface area contributed by atoms with Crippen molar-refractivity contribution in [2.24, 2.45) is 0 Å². The molecule has 0 spiro atoms. The van der Waals surface area contributed by atoms with Gasteiger partial charge in [-0.1, -0.05) is 12.2 Å². The fourth-order valence-corrected chi connectivity index (χ4v) is 1.08. The van der Waals surface area contributed by atoms with Crippen LogP contribution in [0.25, 0.3) is 0 Å². The van der Waals surface area contributed by atoms with Crippen LogP contribution in [0.4, 0.5) is 0 Å². The van der Waals surface area contributed by atoms with E-state index in [1.165, 1.54) is 5.70 Å². The molecule has 0 aromatic carbocycles. The molecule has 0 aliphatic carbocycles. The third kappa shape index (κ3) is 0.798. The van der Waals surface area contributed by atoms with Crippen LogP contribution in [0.2, 0.25) is 0 Å². The quantitative estimate of drug-likeness (QED) is 0.481. The van der Waals surface area contributed by atoms with Gasteiger partial charge in [0.25, 0.3) is 0 Å². The summed E-state index contributed by atoms with van der Waals surface area (Å²) >= 11 is 0. The molecule has 0 aromatic rings. The van der Waals surface area contributed by atoms with E-state index in [4.69, 9.17) is 0 Å². The summed E-state index contributed by atoms with van der Waals surface area (Å²) in [7, 11) is 0. The Morgan fingerprint density at radius 1 is 1.40 bits per heavy atom. The topological polar surface area (TPSA) is 3.24 Å². The van der Waals surface area contributed by atoms with Gasteiger partial charge in [-0.05, 0) is 24.3 Å². The maximum atomic E-state index is 3.07. The van der Waals surface area contributed by atoms with Gasteiger partial charge in [0, 0.05) is 18.4 Å². The van der Waals surface area contributed by atoms with Crippen molar-refractivity contribution in [2.45, 2.75) is 0 Å². The van der Waals surface area contributed by atoms with Gasteiger partial charge in [0.2, 0.25) is 0 Å². The molecular formula is C9H8N. The summed E-state index contributed by atoms with van der Waals surface area (Å²) in [4.78, 5) is 2.18. The molecule has 0 amide bonds. The molecule has 2 aliphatic rings. The summed E-state index contributed by atoms with van der Waals surface area (Å²) in [6, 6.07) is 0. The molecule has 0 N–H and O–H groups in total. The zero-order chi connectivity index (χ0) is 6.81. The van der Waals surface area contributed by atoms with Crippen molar-refractivity contribution in [1.29, 1.82) is 0 Å². The Hall–Kier alpha value is -1.24. The van der Waals surface area contributed by atoms with Crippen LogP contribution in [0, 0.1) is 6.08 Å². The summed E-state index contributed by atoms with van der Waals surface area (Å²) in [5.41, 5.74) is 1.23. The monoisotopic (exact) mass is 130 g/mol. The van der Waals surface area contributed by atoms with Crippen LogP contribution in [-0.4, -0.2) is 11.4 Å². The van der Waals surface area contributed by atoms with Gasteiger partial charge in [-0.3, -0.25) is 0 Å². The van der Waals surface area contributed by atoms with E-state index >= 15 is 0 Å². The zero-order valence-electron chi connectivity index (χ0n) is 5.62. The molecular weight excluding hydrogens is 122 g/mol. The van der Waals surface area contributed by atoms with Crippen LogP contribution in [0.1, 0.15) is 0 Å². The summed E-state index contributed by atoms with van der Waals surface area (Å²) in [6.45, 7) is 0.951. The van der Waals surface area contributed by atoms with Crippen molar-refractivity contribution in [3.8, 4) is 0 Å². The first-order valence-electron chi connectivity index (χ1n) is 3.36. The van der Waals surface area contributed by atoms with Gasteiger partial charge >= 0.3 is 0 Å². The van der Waals surface area contributed by atoms with Gasteiger partial charge < -0.3 is 4.90 Å². The predicted octanol–water partition coefficient (Wildman–Crippen LogP) is 1.63. The largest absolute Gasteiger partial charge is 0.344 e. The molecule has 0 fully saturated rings. The molecule has 49 valence electrons. The Balaban J connectivity index is 2.34. The Labute approximate surface area is 60.6 Å². The van der Waals surface area contributed by atoms with E-state index < -0.39 is 0 Å². The highest BCUT2D eigenvalue weighted by Gasteiger charge is 2.05.